The second kappa shape index (κ2) is 5.56. The Bertz CT molecular complexity index is 584. The molecule has 0 aliphatic heterocycles. The van der Waals surface area contributed by atoms with Gasteiger partial charge in [0.25, 0.3) is 0 Å². The second-order valence-electron chi connectivity index (χ2n) is 4.34. The summed E-state index contributed by atoms with van der Waals surface area (Å²) in [6.45, 7) is 1.61. The van der Waals surface area contributed by atoms with Crippen LogP contribution in [0.1, 0.15) is 28.3 Å². The maximum atomic E-state index is 12.6. The molecule has 4 nitrogen and oxygen atoms in total. The van der Waals surface area contributed by atoms with E-state index >= 15 is 0 Å². The van der Waals surface area contributed by atoms with Crippen LogP contribution in [0.5, 0.6) is 0 Å². The van der Waals surface area contributed by atoms with Gasteiger partial charge in [0.15, 0.2) is 0 Å². The van der Waals surface area contributed by atoms with Gasteiger partial charge in [-0.25, -0.2) is 15.4 Å². The summed E-state index contributed by atoms with van der Waals surface area (Å²) in [7, 11) is 0. The van der Waals surface area contributed by atoms with E-state index in [1.807, 2.05) is 0 Å². The Hall–Kier alpha value is -1.99. The third kappa shape index (κ3) is 2.94. The van der Waals surface area contributed by atoms with Gasteiger partial charge < -0.3 is 0 Å². The predicted octanol–water partition coefficient (Wildman–Crippen LogP) is 2.36. The van der Waals surface area contributed by atoms with Gasteiger partial charge in [0.1, 0.15) is 6.33 Å². The second-order valence-corrected chi connectivity index (χ2v) is 4.34. The number of hydrogen-bond acceptors (Lipinski definition) is 4. The Morgan fingerprint density at radius 3 is 2.35 bits per heavy atom. The molecule has 0 amide bonds. The highest BCUT2D eigenvalue weighted by Gasteiger charge is 2.31. The van der Waals surface area contributed by atoms with Gasteiger partial charge in [0, 0.05) is 18.0 Å². The highest BCUT2D eigenvalue weighted by atomic mass is 19.4. The molecule has 1 heterocycles. The molecule has 0 fully saturated rings. The Morgan fingerprint density at radius 2 is 1.85 bits per heavy atom. The summed E-state index contributed by atoms with van der Waals surface area (Å²) in [5.41, 5.74) is 3.71. The molecule has 7 heteroatoms. The van der Waals surface area contributed by atoms with E-state index in [0.717, 1.165) is 12.1 Å². The van der Waals surface area contributed by atoms with Crippen LogP contribution in [0.25, 0.3) is 0 Å². The molecule has 2 aromatic rings. The molecule has 0 aliphatic rings. The number of hydrazine groups is 1. The van der Waals surface area contributed by atoms with E-state index in [9.17, 15) is 13.2 Å². The molecule has 106 valence electrons. The summed E-state index contributed by atoms with van der Waals surface area (Å²) in [6, 6.07) is 3.09. The van der Waals surface area contributed by atoms with Crippen molar-refractivity contribution in [2.45, 2.75) is 19.1 Å². The first-order valence-electron chi connectivity index (χ1n) is 5.82. The molecule has 1 atom stereocenters. The van der Waals surface area contributed by atoms with Gasteiger partial charge in [-0.2, -0.15) is 13.2 Å². The van der Waals surface area contributed by atoms with Crippen LogP contribution in [-0.2, 0) is 6.18 Å². The van der Waals surface area contributed by atoms with Crippen molar-refractivity contribution in [2.75, 3.05) is 0 Å². The highest BCUT2D eigenvalue weighted by Crippen LogP contribution is 2.32. The smallest absolute Gasteiger partial charge is 0.271 e. The first kappa shape index (κ1) is 14.4. The van der Waals surface area contributed by atoms with Crippen LogP contribution in [0.2, 0.25) is 0 Å². The molecule has 1 unspecified atom stereocenters. The summed E-state index contributed by atoms with van der Waals surface area (Å²) >= 11 is 0. The van der Waals surface area contributed by atoms with Crippen molar-refractivity contribution in [1.82, 2.24) is 15.4 Å². The van der Waals surface area contributed by atoms with E-state index in [-0.39, 0.29) is 0 Å². The van der Waals surface area contributed by atoms with E-state index in [1.165, 1.54) is 12.4 Å². The fourth-order valence-corrected chi connectivity index (χ4v) is 2.00. The van der Waals surface area contributed by atoms with Gasteiger partial charge in [-0.1, -0.05) is 6.07 Å². The summed E-state index contributed by atoms with van der Waals surface area (Å²) in [4.78, 5) is 7.76. The minimum Gasteiger partial charge on any atom is -0.271 e. The summed E-state index contributed by atoms with van der Waals surface area (Å²) in [5, 5.41) is 0. The lowest BCUT2D eigenvalue weighted by molar-refractivity contribution is -0.137. The summed E-state index contributed by atoms with van der Waals surface area (Å²) < 4.78 is 37.9. The van der Waals surface area contributed by atoms with Crippen molar-refractivity contribution in [3.8, 4) is 0 Å². The van der Waals surface area contributed by atoms with Crippen molar-refractivity contribution in [3.05, 3.63) is 59.2 Å². The number of aromatic nitrogens is 2. The van der Waals surface area contributed by atoms with Gasteiger partial charge in [-0.05, 0) is 30.2 Å². The monoisotopic (exact) mass is 282 g/mol. The van der Waals surface area contributed by atoms with E-state index in [2.05, 4.69) is 15.4 Å². The topological polar surface area (TPSA) is 63.8 Å². The molecule has 3 N–H and O–H groups in total. The van der Waals surface area contributed by atoms with Crippen molar-refractivity contribution in [3.63, 3.8) is 0 Å². The van der Waals surface area contributed by atoms with Crippen molar-refractivity contribution < 1.29 is 13.2 Å². The average Bonchev–Trinajstić information content (AvgIpc) is 2.41. The Labute approximate surface area is 113 Å². The number of hydrogen-bond donors (Lipinski definition) is 2. The van der Waals surface area contributed by atoms with E-state index in [0.29, 0.717) is 16.7 Å². The Morgan fingerprint density at radius 1 is 1.20 bits per heavy atom. The number of nitrogens with zero attached hydrogens (tertiary/aromatic N) is 2. The third-order valence-corrected chi connectivity index (χ3v) is 2.99. The minimum atomic E-state index is -4.36. The van der Waals surface area contributed by atoms with Crippen LogP contribution in [0, 0.1) is 6.92 Å². The average molecular weight is 282 g/mol. The first-order chi connectivity index (χ1) is 9.43. The highest BCUT2D eigenvalue weighted by molar-refractivity contribution is 5.38. The van der Waals surface area contributed by atoms with E-state index in [4.69, 9.17) is 5.84 Å². The fraction of sp³-hybridized carbons (Fsp3) is 0.231. The van der Waals surface area contributed by atoms with Gasteiger partial charge >= 0.3 is 6.18 Å². The van der Waals surface area contributed by atoms with E-state index in [1.54, 1.807) is 19.3 Å². The zero-order chi connectivity index (χ0) is 14.8. The molecule has 20 heavy (non-hydrogen) atoms. The SMILES string of the molecule is Cc1cc(C(F)(F)F)ccc1C(NN)c1cncnc1. The molecule has 0 aliphatic carbocycles. The zero-order valence-electron chi connectivity index (χ0n) is 10.6. The largest absolute Gasteiger partial charge is 0.416 e. The number of halogens is 3. The molecule has 0 bridgehead atoms. The summed E-state index contributed by atoms with van der Waals surface area (Å²) in [5.74, 6) is 5.50. The number of nitrogens with one attached hydrogen (secondary N) is 1. The van der Waals surface area contributed by atoms with Gasteiger partial charge in [-0.3, -0.25) is 5.84 Å². The number of nitrogens with two attached hydrogens (primary N) is 1. The first-order valence-corrected chi connectivity index (χ1v) is 5.82. The van der Waals surface area contributed by atoms with Crippen LogP contribution in [0.15, 0.2) is 36.9 Å². The molecule has 0 saturated heterocycles. The summed E-state index contributed by atoms with van der Waals surface area (Å²) in [6.07, 6.45) is 0.144. The predicted molar refractivity (Wildman–Crippen MR) is 67.4 cm³/mol. The number of aryl methyl sites for hydroxylation is 1. The maximum absolute atomic E-state index is 12.6. The normalized spacial score (nSPS) is 13.2. The molecule has 1 aromatic heterocycles. The minimum absolute atomic E-state index is 0.460. The van der Waals surface area contributed by atoms with Crippen molar-refractivity contribution in [1.29, 1.82) is 0 Å². The van der Waals surface area contributed by atoms with Crippen LogP contribution in [0.3, 0.4) is 0 Å². The van der Waals surface area contributed by atoms with Crippen molar-refractivity contribution in [2.24, 2.45) is 5.84 Å². The maximum Gasteiger partial charge on any atom is 0.416 e. The lowest BCUT2D eigenvalue weighted by Crippen LogP contribution is -2.29. The van der Waals surface area contributed by atoms with Crippen LogP contribution in [0.4, 0.5) is 13.2 Å². The number of benzene rings is 1. The molecule has 0 radical (unpaired) electrons. The molecular weight excluding hydrogens is 269 g/mol. The quantitative estimate of drug-likeness (QED) is 0.670. The van der Waals surface area contributed by atoms with Crippen LogP contribution < -0.4 is 11.3 Å². The Balaban J connectivity index is 2.42. The van der Waals surface area contributed by atoms with Crippen LogP contribution >= 0.6 is 0 Å². The molecular formula is C13H13F3N4. The molecule has 0 saturated carbocycles. The van der Waals surface area contributed by atoms with E-state index < -0.39 is 17.8 Å². The number of alkyl halides is 3. The van der Waals surface area contributed by atoms with Gasteiger partial charge in [-0.15, -0.1) is 0 Å². The van der Waals surface area contributed by atoms with Crippen molar-refractivity contribution >= 4 is 0 Å². The molecule has 0 spiro atoms. The zero-order valence-corrected chi connectivity index (χ0v) is 10.6. The van der Waals surface area contributed by atoms with Crippen LogP contribution in [-0.4, -0.2) is 9.97 Å². The fourth-order valence-electron chi connectivity index (χ4n) is 2.00. The van der Waals surface area contributed by atoms with Gasteiger partial charge in [0.05, 0.1) is 11.6 Å². The Kier molecular flexibility index (Phi) is 4.01. The third-order valence-electron chi connectivity index (χ3n) is 2.99. The standard InChI is InChI=1S/C13H13F3N4/c1-8-4-10(13(14,15)16)2-3-11(8)12(20-17)9-5-18-7-19-6-9/h2-7,12,20H,17H2,1H3. The number of rotatable bonds is 3. The molecule has 2 rings (SSSR count). The molecule has 1 aromatic carbocycles. The lowest BCUT2D eigenvalue weighted by atomic mass is 9.95. The lowest BCUT2D eigenvalue weighted by Gasteiger charge is -2.19. The van der Waals surface area contributed by atoms with Gasteiger partial charge in [0.2, 0.25) is 0 Å².